The van der Waals surface area contributed by atoms with Crippen LogP contribution >= 0.6 is 23.4 Å². The van der Waals surface area contributed by atoms with E-state index in [1.54, 1.807) is 56.8 Å². The number of hydrogen-bond donors (Lipinski definition) is 2. The van der Waals surface area contributed by atoms with Gasteiger partial charge in [-0.05, 0) is 50.1 Å². The molecule has 1 unspecified atom stereocenters. The molecule has 8 atom stereocenters. The van der Waals surface area contributed by atoms with Crippen molar-refractivity contribution in [3.63, 3.8) is 0 Å². The molecule has 0 saturated carbocycles. The van der Waals surface area contributed by atoms with Crippen molar-refractivity contribution in [2.75, 3.05) is 31.9 Å². The zero-order valence-corrected chi connectivity index (χ0v) is 33.4. The number of halogens is 1. The second kappa shape index (κ2) is 17.4. The van der Waals surface area contributed by atoms with Crippen molar-refractivity contribution in [2.45, 2.75) is 114 Å². The lowest BCUT2D eigenvalue weighted by molar-refractivity contribution is -0.162. The van der Waals surface area contributed by atoms with Gasteiger partial charge < -0.3 is 33.9 Å². The maximum Gasteiger partial charge on any atom is 0.409 e. The van der Waals surface area contributed by atoms with Gasteiger partial charge in [-0.25, -0.2) is 9.59 Å². The number of thioether (sulfide) groups is 1. The van der Waals surface area contributed by atoms with Crippen LogP contribution in [0, 0.1) is 5.92 Å². The standard InChI is InChI=1S/C38H52ClN3O10S/c1-21(2)53-14-13-31(44)41(7)24(5)35(46)51-30-18-32(45)42(8)27-17-25(16-26(20-43)33(27)39)15-22(3)11-10-12-29(49-9)38(48)19-28(50-36(47)40-38)23(4)34-37(30,6)52-34/h10-12,16-17,20-21,23-24,28-30,34,48H,13-15,18-19H2,1-9H3,(H,40,47)/b12-10+,22-11+/t23-,24+,28+,29-,30+,34?,37+,38+/m1/s1. The van der Waals surface area contributed by atoms with E-state index in [4.69, 9.17) is 30.5 Å². The maximum absolute atomic E-state index is 14.1. The van der Waals surface area contributed by atoms with Crippen LogP contribution < -0.4 is 10.2 Å². The van der Waals surface area contributed by atoms with E-state index in [9.17, 15) is 29.1 Å². The number of carbonyl (C=O) groups is 5. The molecule has 3 heterocycles. The van der Waals surface area contributed by atoms with E-state index in [-0.39, 0.29) is 35.8 Å². The number of epoxide rings is 1. The second-order valence-corrected chi connectivity index (χ2v) is 16.6. The molecule has 1 aromatic carbocycles. The minimum absolute atomic E-state index is 0.0641. The highest BCUT2D eigenvalue weighted by atomic mass is 35.5. The SMILES string of the molecule is CO[C@@H]1/C=C/C=C(\C)Cc2cc(C=O)c(Cl)c(c2)N(C)C(=O)C[C@H](OC(=O)[C@H](C)N(C)C(=O)CCSC(C)C)[C@]2(C)OC2[C@H](C)[C@@H]2C[C@@]1(O)NC(=O)O2. The number of likely N-dealkylation sites (N-methyl/N-ethyl adjacent to an activating group) is 1. The van der Waals surface area contributed by atoms with Gasteiger partial charge in [-0.3, -0.25) is 19.7 Å². The first kappa shape index (κ1) is 42.3. The van der Waals surface area contributed by atoms with Crippen LogP contribution in [0.5, 0.6) is 0 Å². The third-order valence-electron chi connectivity index (χ3n) is 10.3. The highest BCUT2D eigenvalue weighted by Gasteiger charge is 2.64. The first-order chi connectivity index (χ1) is 24.8. The number of aldehydes is 1. The number of methoxy groups -OCH3 is 1. The Morgan fingerprint density at radius 3 is 2.60 bits per heavy atom. The van der Waals surface area contributed by atoms with Crippen LogP contribution in [-0.4, -0.2) is 114 Å². The number of anilines is 1. The van der Waals surface area contributed by atoms with Gasteiger partial charge in [0.2, 0.25) is 11.8 Å². The van der Waals surface area contributed by atoms with Crippen LogP contribution in [0.4, 0.5) is 10.5 Å². The summed E-state index contributed by atoms with van der Waals surface area (Å²) >= 11 is 8.30. The molecular weight excluding hydrogens is 726 g/mol. The van der Waals surface area contributed by atoms with Gasteiger partial charge in [0.15, 0.2) is 12.0 Å². The first-order valence-corrected chi connectivity index (χ1v) is 19.1. The van der Waals surface area contributed by atoms with Crippen molar-refractivity contribution in [2.24, 2.45) is 5.92 Å². The Bertz CT molecular complexity index is 1640. The van der Waals surface area contributed by atoms with Crippen molar-refractivity contribution in [3.05, 3.63) is 52.1 Å². The second-order valence-electron chi connectivity index (χ2n) is 14.6. The van der Waals surface area contributed by atoms with Crippen molar-refractivity contribution >= 4 is 59.2 Å². The van der Waals surface area contributed by atoms with Gasteiger partial charge in [-0.1, -0.05) is 56.2 Å². The number of fused-ring (bicyclic) bond motifs is 5. The molecular formula is C38H52ClN3O10S. The van der Waals surface area contributed by atoms with Crippen LogP contribution in [0.1, 0.15) is 76.7 Å². The zero-order valence-electron chi connectivity index (χ0n) is 31.8. The lowest BCUT2D eigenvalue weighted by atomic mass is 9.83. The van der Waals surface area contributed by atoms with Gasteiger partial charge in [0.05, 0.1) is 23.2 Å². The molecule has 53 heavy (non-hydrogen) atoms. The van der Waals surface area contributed by atoms with Gasteiger partial charge in [-0.2, -0.15) is 11.8 Å². The molecule has 0 radical (unpaired) electrons. The summed E-state index contributed by atoms with van der Waals surface area (Å²) in [6.07, 6.45) is 1.48. The van der Waals surface area contributed by atoms with Crippen LogP contribution in [0.3, 0.4) is 0 Å². The summed E-state index contributed by atoms with van der Waals surface area (Å²) in [5.41, 5.74) is -1.02. The summed E-state index contributed by atoms with van der Waals surface area (Å²) < 4.78 is 23.6. The minimum atomic E-state index is -1.84. The van der Waals surface area contributed by atoms with E-state index in [0.717, 1.165) is 5.57 Å². The number of allylic oxidation sites excluding steroid dienone is 3. The summed E-state index contributed by atoms with van der Waals surface area (Å²) in [6, 6.07) is 2.39. The van der Waals surface area contributed by atoms with Crippen LogP contribution in [-0.2, 0) is 39.8 Å². The number of rotatable bonds is 9. The summed E-state index contributed by atoms with van der Waals surface area (Å²) in [5, 5.41) is 14.6. The quantitative estimate of drug-likeness (QED) is 0.200. The number of ether oxygens (including phenoxy) is 4. The first-order valence-electron chi connectivity index (χ1n) is 17.7. The molecule has 0 aromatic heterocycles. The molecule has 15 heteroatoms. The van der Waals surface area contributed by atoms with Gasteiger partial charge in [0.25, 0.3) is 0 Å². The minimum Gasteiger partial charge on any atom is -0.457 e. The van der Waals surface area contributed by atoms with E-state index < -0.39 is 65.7 Å². The van der Waals surface area contributed by atoms with E-state index in [1.165, 1.54) is 31.0 Å². The van der Waals surface area contributed by atoms with E-state index in [0.29, 0.717) is 35.0 Å². The van der Waals surface area contributed by atoms with E-state index >= 15 is 0 Å². The number of carbonyl (C=O) groups excluding carboxylic acids is 5. The zero-order chi connectivity index (χ0) is 39.4. The Kier molecular flexibility index (Phi) is 13.9. The van der Waals surface area contributed by atoms with Gasteiger partial charge >= 0.3 is 12.1 Å². The fourth-order valence-corrected chi connectivity index (χ4v) is 7.81. The average Bonchev–Trinajstić information content (AvgIpc) is 3.79. The number of nitrogens with zero attached hydrogens (tertiary/aromatic N) is 2. The molecule has 3 aliphatic heterocycles. The summed E-state index contributed by atoms with van der Waals surface area (Å²) in [6.45, 7) is 11.0. The van der Waals surface area contributed by atoms with Crippen LogP contribution in [0.15, 0.2) is 35.9 Å². The van der Waals surface area contributed by atoms with Gasteiger partial charge in [0, 0.05) is 51.3 Å². The van der Waals surface area contributed by atoms with Crippen LogP contribution in [0.2, 0.25) is 5.02 Å². The molecule has 4 rings (SSSR count). The van der Waals surface area contributed by atoms with Crippen LogP contribution in [0.25, 0.3) is 0 Å². The van der Waals surface area contributed by atoms with Gasteiger partial charge in [0.1, 0.15) is 30.0 Å². The lowest BCUT2D eigenvalue weighted by Gasteiger charge is -2.42. The van der Waals surface area contributed by atoms with Gasteiger partial charge in [-0.15, -0.1) is 0 Å². The predicted octanol–water partition coefficient (Wildman–Crippen LogP) is 4.85. The molecule has 0 aliphatic carbocycles. The Morgan fingerprint density at radius 2 is 1.96 bits per heavy atom. The molecule has 3 amide bonds. The molecule has 13 nitrogen and oxygen atoms in total. The average molecular weight is 778 g/mol. The highest BCUT2D eigenvalue weighted by Crippen LogP contribution is 2.49. The normalized spacial score (nSPS) is 31.3. The number of amides is 3. The van der Waals surface area contributed by atoms with E-state index in [2.05, 4.69) is 5.32 Å². The van der Waals surface area contributed by atoms with Crippen molar-refractivity contribution < 1.29 is 48.0 Å². The number of benzene rings is 1. The summed E-state index contributed by atoms with van der Waals surface area (Å²) in [7, 11) is 4.47. The highest BCUT2D eigenvalue weighted by molar-refractivity contribution is 7.99. The molecule has 1 aromatic rings. The summed E-state index contributed by atoms with van der Waals surface area (Å²) in [5.74, 6) is -1.39. The smallest absolute Gasteiger partial charge is 0.409 e. The van der Waals surface area contributed by atoms with Crippen molar-refractivity contribution in [3.8, 4) is 0 Å². The van der Waals surface area contributed by atoms with Crippen molar-refractivity contribution in [1.82, 2.24) is 10.2 Å². The fourth-order valence-electron chi connectivity index (χ4n) is 6.77. The summed E-state index contributed by atoms with van der Waals surface area (Å²) in [4.78, 5) is 68.3. The predicted molar refractivity (Wildman–Crippen MR) is 202 cm³/mol. The lowest BCUT2D eigenvalue weighted by Crippen LogP contribution is -2.63. The number of alkyl carbamates (subject to hydrolysis) is 1. The maximum atomic E-state index is 14.1. The third-order valence-corrected chi connectivity index (χ3v) is 11.8. The molecule has 292 valence electrons. The number of hydrogen-bond acceptors (Lipinski definition) is 11. The Balaban J connectivity index is 1.73. The Hall–Kier alpha value is -3.43. The van der Waals surface area contributed by atoms with Crippen molar-refractivity contribution in [1.29, 1.82) is 0 Å². The fraction of sp³-hybridized carbons (Fsp3) is 0.605. The Morgan fingerprint density at radius 1 is 1.26 bits per heavy atom. The Labute approximate surface area is 320 Å². The molecule has 2 saturated heterocycles. The third kappa shape index (κ3) is 9.82. The molecule has 2 fully saturated rings. The molecule has 3 aliphatic rings. The topological polar surface area (TPSA) is 164 Å². The molecule has 4 bridgehead atoms. The monoisotopic (exact) mass is 777 g/mol. The number of aliphatic hydroxyl groups is 1. The number of nitrogens with one attached hydrogen (secondary N) is 1. The molecule has 2 N–H and O–H groups in total. The molecule has 0 spiro atoms. The largest absolute Gasteiger partial charge is 0.457 e. The number of esters is 1. The van der Waals surface area contributed by atoms with E-state index in [1.807, 2.05) is 26.8 Å².